The van der Waals surface area contributed by atoms with Gasteiger partial charge in [-0.2, -0.15) is 0 Å². The minimum absolute atomic E-state index is 0.240. The molecule has 1 atom stereocenters. The molecule has 0 saturated carbocycles. The van der Waals surface area contributed by atoms with E-state index in [9.17, 15) is 4.79 Å². The van der Waals surface area contributed by atoms with Crippen molar-refractivity contribution in [1.82, 2.24) is 0 Å². The van der Waals surface area contributed by atoms with Crippen molar-refractivity contribution < 1.29 is 14.3 Å². The van der Waals surface area contributed by atoms with E-state index in [1.54, 1.807) is 14.0 Å². The molecule has 1 radical (unpaired) electrons. The molecule has 0 spiro atoms. The SMILES string of the molecule is C[CH]OC(=O)[C@@H](C)c1ccc2cc(OC)ccc2c1. The molecular formula is C16H17O3. The summed E-state index contributed by atoms with van der Waals surface area (Å²) < 4.78 is 10.1. The number of methoxy groups -OCH3 is 1. The van der Waals surface area contributed by atoms with Crippen LogP contribution in [0.1, 0.15) is 25.3 Å². The summed E-state index contributed by atoms with van der Waals surface area (Å²) in [4.78, 5) is 11.7. The Labute approximate surface area is 113 Å². The van der Waals surface area contributed by atoms with Crippen molar-refractivity contribution in [2.75, 3.05) is 7.11 Å². The Hall–Kier alpha value is -2.03. The molecule has 0 aliphatic carbocycles. The monoisotopic (exact) mass is 257 g/mol. The Morgan fingerprint density at radius 3 is 2.53 bits per heavy atom. The number of ether oxygens (including phenoxy) is 2. The molecule has 0 fully saturated rings. The smallest absolute Gasteiger partial charge is 0.313 e. The largest absolute Gasteiger partial charge is 0.497 e. The topological polar surface area (TPSA) is 35.5 Å². The quantitative estimate of drug-likeness (QED) is 0.784. The van der Waals surface area contributed by atoms with E-state index >= 15 is 0 Å². The second-order valence-electron chi connectivity index (χ2n) is 4.37. The summed E-state index contributed by atoms with van der Waals surface area (Å²) in [5.74, 6) is 0.311. The molecule has 2 aromatic carbocycles. The third-order valence-corrected chi connectivity index (χ3v) is 3.16. The van der Waals surface area contributed by atoms with Crippen LogP contribution >= 0.6 is 0 Å². The van der Waals surface area contributed by atoms with E-state index in [2.05, 4.69) is 0 Å². The van der Waals surface area contributed by atoms with Crippen LogP contribution in [0.15, 0.2) is 36.4 Å². The summed E-state index contributed by atoms with van der Waals surface area (Å²) >= 11 is 0. The van der Waals surface area contributed by atoms with Gasteiger partial charge in [-0.15, -0.1) is 0 Å². The maximum Gasteiger partial charge on any atom is 0.313 e. The molecule has 0 aliphatic rings. The van der Waals surface area contributed by atoms with Crippen LogP contribution in [0.5, 0.6) is 5.75 Å². The number of hydrogen-bond acceptors (Lipinski definition) is 3. The minimum Gasteiger partial charge on any atom is -0.497 e. The summed E-state index contributed by atoms with van der Waals surface area (Å²) in [6.07, 6.45) is 0. The average molecular weight is 257 g/mol. The van der Waals surface area contributed by atoms with Gasteiger partial charge in [0, 0.05) is 0 Å². The van der Waals surface area contributed by atoms with Crippen LogP contribution in [0, 0.1) is 6.61 Å². The number of carbonyl (C=O) groups excluding carboxylic acids is 1. The van der Waals surface area contributed by atoms with E-state index < -0.39 is 0 Å². The Bertz CT molecular complexity index is 590. The summed E-state index contributed by atoms with van der Waals surface area (Å²) in [7, 11) is 1.65. The number of carbonyl (C=O) groups is 1. The van der Waals surface area contributed by atoms with Gasteiger partial charge in [0.2, 0.25) is 0 Å². The average Bonchev–Trinajstić information content (AvgIpc) is 2.45. The first-order valence-electron chi connectivity index (χ1n) is 6.21. The van der Waals surface area contributed by atoms with Crippen LogP contribution in [-0.2, 0) is 9.53 Å². The fourth-order valence-electron chi connectivity index (χ4n) is 1.99. The van der Waals surface area contributed by atoms with Gasteiger partial charge in [-0.1, -0.05) is 24.3 Å². The van der Waals surface area contributed by atoms with E-state index in [4.69, 9.17) is 9.47 Å². The van der Waals surface area contributed by atoms with E-state index in [1.807, 2.05) is 43.3 Å². The normalized spacial score (nSPS) is 12.2. The molecule has 99 valence electrons. The van der Waals surface area contributed by atoms with E-state index in [0.29, 0.717) is 0 Å². The molecule has 2 rings (SSSR count). The third kappa shape index (κ3) is 2.87. The lowest BCUT2D eigenvalue weighted by atomic mass is 9.98. The Kier molecular flexibility index (Phi) is 4.05. The van der Waals surface area contributed by atoms with Crippen molar-refractivity contribution in [2.45, 2.75) is 19.8 Å². The fraction of sp³-hybridized carbons (Fsp3) is 0.250. The predicted octanol–water partition coefficient (Wildman–Crippen LogP) is 3.68. The lowest BCUT2D eigenvalue weighted by molar-refractivity contribution is -0.141. The highest BCUT2D eigenvalue weighted by Crippen LogP contribution is 2.25. The van der Waals surface area contributed by atoms with Gasteiger partial charge >= 0.3 is 5.97 Å². The lowest BCUT2D eigenvalue weighted by Gasteiger charge is -2.11. The lowest BCUT2D eigenvalue weighted by Crippen LogP contribution is -2.11. The van der Waals surface area contributed by atoms with Gasteiger partial charge < -0.3 is 9.47 Å². The van der Waals surface area contributed by atoms with Gasteiger partial charge in [0.25, 0.3) is 0 Å². The first kappa shape index (κ1) is 13.4. The molecular weight excluding hydrogens is 240 g/mol. The zero-order valence-electron chi connectivity index (χ0n) is 11.3. The first-order chi connectivity index (χ1) is 9.15. The van der Waals surface area contributed by atoms with Crippen LogP contribution in [0.4, 0.5) is 0 Å². The fourth-order valence-corrected chi connectivity index (χ4v) is 1.99. The maximum atomic E-state index is 11.7. The Morgan fingerprint density at radius 1 is 1.16 bits per heavy atom. The van der Waals surface area contributed by atoms with Crippen LogP contribution in [0.3, 0.4) is 0 Å². The first-order valence-corrected chi connectivity index (χ1v) is 6.21. The van der Waals surface area contributed by atoms with Gasteiger partial charge in [0.15, 0.2) is 0 Å². The standard InChI is InChI=1S/C16H17O3/c1-4-19-16(17)11(2)12-5-6-14-10-15(18-3)8-7-13(14)9-12/h4-11H,1-3H3/t11-/m0/s1. The van der Waals surface area contributed by atoms with E-state index in [1.165, 1.54) is 6.61 Å². The van der Waals surface area contributed by atoms with Crippen LogP contribution in [0.25, 0.3) is 10.8 Å². The zero-order chi connectivity index (χ0) is 13.8. The summed E-state index contributed by atoms with van der Waals surface area (Å²) in [6, 6.07) is 11.8. The molecule has 0 aliphatic heterocycles. The Balaban J connectivity index is 2.33. The van der Waals surface area contributed by atoms with E-state index in [0.717, 1.165) is 22.1 Å². The predicted molar refractivity (Wildman–Crippen MR) is 75.0 cm³/mol. The summed E-state index contributed by atoms with van der Waals surface area (Å²) in [5, 5.41) is 2.17. The number of benzene rings is 2. The molecule has 0 bridgehead atoms. The number of rotatable bonds is 4. The summed E-state index contributed by atoms with van der Waals surface area (Å²) in [6.45, 7) is 4.94. The number of hydrogen-bond donors (Lipinski definition) is 0. The molecule has 0 unspecified atom stereocenters. The van der Waals surface area contributed by atoms with Crippen molar-refractivity contribution in [3.8, 4) is 5.75 Å². The van der Waals surface area contributed by atoms with Gasteiger partial charge in [-0.25, -0.2) is 0 Å². The van der Waals surface area contributed by atoms with Gasteiger partial charge in [-0.05, 0) is 42.3 Å². The molecule has 2 aromatic rings. The highest BCUT2D eigenvalue weighted by molar-refractivity contribution is 5.86. The third-order valence-electron chi connectivity index (χ3n) is 3.16. The Morgan fingerprint density at radius 2 is 1.84 bits per heavy atom. The van der Waals surface area contributed by atoms with Crippen molar-refractivity contribution in [1.29, 1.82) is 0 Å². The van der Waals surface area contributed by atoms with Crippen LogP contribution in [-0.4, -0.2) is 13.1 Å². The van der Waals surface area contributed by atoms with E-state index in [-0.39, 0.29) is 11.9 Å². The molecule has 19 heavy (non-hydrogen) atoms. The molecule has 0 amide bonds. The van der Waals surface area contributed by atoms with Crippen molar-refractivity contribution in [3.63, 3.8) is 0 Å². The van der Waals surface area contributed by atoms with Crippen LogP contribution in [0.2, 0.25) is 0 Å². The molecule has 3 heteroatoms. The van der Waals surface area contributed by atoms with Gasteiger partial charge in [0.05, 0.1) is 13.0 Å². The van der Waals surface area contributed by atoms with Crippen molar-refractivity contribution in [3.05, 3.63) is 48.6 Å². The van der Waals surface area contributed by atoms with Gasteiger partial charge in [0.1, 0.15) is 12.4 Å². The minimum atomic E-state index is -0.275. The van der Waals surface area contributed by atoms with Crippen molar-refractivity contribution in [2.24, 2.45) is 0 Å². The maximum absolute atomic E-state index is 11.7. The van der Waals surface area contributed by atoms with Gasteiger partial charge in [-0.3, -0.25) is 4.79 Å². The molecule has 0 saturated heterocycles. The molecule has 3 nitrogen and oxygen atoms in total. The number of fused-ring (bicyclic) bond motifs is 1. The molecule has 0 N–H and O–H groups in total. The summed E-state index contributed by atoms with van der Waals surface area (Å²) in [5.41, 5.74) is 0.949. The second kappa shape index (κ2) is 5.74. The van der Waals surface area contributed by atoms with Crippen LogP contribution < -0.4 is 4.74 Å². The molecule has 0 aromatic heterocycles. The highest BCUT2D eigenvalue weighted by atomic mass is 16.5. The van der Waals surface area contributed by atoms with Crippen molar-refractivity contribution >= 4 is 16.7 Å². The zero-order valence-corrected chi connectivity index (χ0v) is 11.3. The number of esters is 1. The highest BCUT2D eigenvalue weighted by Gasteiger charge is 2.16. The second-order valence-corrected chi connectivity index (χ2v) is 4.37. The molecule has 0 heterocycles.